The third kappa shape index (κ3) is 6.77. The molecule has 1 N–H and O–H groups in total. The van der Waals surface area contributed by atoms with Gasteiger partial charge in [-0.25, -0.2) is 8.42 Å². The number of aryl methyl sites for hydroxylation is 1. The number of carbonyl (C=O) groups is 2. The zero-order valence-electron chi connectivity index (χ0n) is 22.0. The van der Waals surface area contributed by atoms with Crippen LogP contribution >= 0.6 is 0 Å². The summed E-state index contributed by atoms with van der Waals surface area (Å²) in [5, 5.41) is 2.86. The molecule has 0 aromatic heterocycles. The summed E-state index contributed by atoms with van der Waals surface area (Å²) < 4.78 is 28.8. The minimum absolute atomic E-state index is 0.0870. The predicted octanol–water partition coefficient (Wildman–Crippen LogP) is 4.44. The van der Waals surface area contributed by atoms with Crippen LogP contribution in [0.1, 0.15) is 37.5 Å². The van der Waals surface area contributed by atoms with E-state index < -0.39 is 28.5 Å². The van der Waals surface area contributed by atoms with Crippen molar-refractivity contribution in [3.05, 3.63) is 95.6 Å². The number of amides is 2. The third-order valence-corrected chi connectivity index (χ3v) is 8.02. The van der Waals surface area contributed by atoms with Gasteiger partial charge >= 0.3 is 0 Å². The van der Waals surface area contributed by atoms with E-state index in [1.165, 1.54) is 17.0 Å². The molecule has 0 aliphatic heterocycles. The van der Waals surface area contributed by atoms with Gasteiger partial charge in [-0.05, 0) is 69.5 Å². The molecule has 3 aromatic rings. The normalized spacial score (nSPS) is 12.2. The minimum Gasteiger partial charge on any atom is -0.352 e. The smallest absolute Gasteiger partial charge is 0.264 e. The van der Waals surface area contributed by atoms with Crippen molar-refractivity contribution >= 4 is 27.5 Å². The maximum absolute atomic E-state index is 13.9. The summed E-state index contributed by atoms with van der Waals surface area (Å²) in [6, 6.07) is 21.9. The third-order valence-electron chi connectivity index (χ3n) is 6.25. The number of rotatable bonds is 10. The quantitative estimate of drug-likeness (QED) is 0.427. The van der Waals surface area contributed by atoms with Crippen molar-refractivity contribution in [3.63, 3.8) is 0 Å². The molecule has 0 aliphatic carbocycles. The Bertz CT molecular complexity index is 1330. The first-order valence-electron chi connectivity index (χ1n) is 12.3. The summed E-state index contributed by atoms with van der Waals surface area (Å²) in [7, 11) is -4.07. The summed E-state index contributed by atoms with van der Waals surface area (Å²) in [4.78, 5) is 28.3. The molecule has 0 spiro atoms. The fraction of sp³-hybridized carbons (Fsp3) is 0.310. The second kappa shape index (κ2) is 12.1. The number of anilines is 1. The highest BCUT2D eigenvalue weighted by Gasteiger charge is 2.33. The van der Waals surface area contributed by atoms with Crippen molar-refractivity contribution in [2.75, 3.05) is 10.8 Å². The molecule has 0 saturated carbocycles. The van der Waals surface area contributed by atoms with E-state index >= 15 is 0 Å². The second-order valence-electron chi connectivity index (χ2n) is 9.39. The number of sulfonamides is 1. The van der Waals surface area contributed by atoms with Gasteiger partial charge in [-0.2, -0.15) is 0 Å². The second-order valence-corrected chi connectivity index (χ2v) is 11.3. The molecule has 7 nitrogen and oxygen atoms in total. The van der Waals surface area contributed by atoms with Gasteiger partial charge in [-0.1, -0.05) is 60.7 Å². The van der Waals surface area contributed by atoms with Gasteiger partial charge in [0.2, 0.25) is 11.8 Å². The van der Waals surface area contributed by atoms with Crippen LogP contribution in [0, 0.1) is 13.8 Å². The summed E-state index contributed by atoms with van der Waals surface area (Å²) in [6.45, 7) is 8.81. The molecule has 196 valence electrons. The van der Waals surface area contributed by atoms with Crippen molar-refractivity contribution in [1.29, 1.82) is 0 Å². The van der Waals surface area contributed by atoms with Gasteiger partial charge in [0, 0.05) is 12.6 Å². The highest BCUT2D eigenvalue weighted by molar-refractivity contribution is 7.92. The monoisotopic (exact) mass is 521 g/mol. The van der Waals surface area contributed by atoms with Crippen molar-refractivity contribution in [2.45, 2.75) is 58.1 Å². The Labute approximate surface area is 220 Å². The lowest BCUT2D eigenvalue weighted by atomic mass is 10.1. The Morgan fingerprint density at radius 3 is 2.03 bits per heavy atom. The topological polar surface area (TPSA) is 86.8 Å². The Balaban J connectivity index is 2.05. The average molecular weight is 522 g/mol. The molecular formula is C29H35N3O4S. The Hall–Kier alpha value is -3.65. The van der Waals surface area contributed by atoms with Gasteiger partial charge in [0.05, 0.1) is 10.6 Å². The van der Waals surface area contributed by atoms with E-state index in [0.29, 0.717) is 5.69 Å². The molecule has 3 rings (SSSR count). The van der Waals surface area contributed by atoms with Gasteiger partial charge in [0.15, 0.2) is 0 Å². The van der Waals surface area contributed by atoms with Crippen LogP contribution in [-0.2, 0) is 26.2 Å². The van der Waals surface area contributed by atoms with Crippen molar-refractivity contribution in [1.82, 2.24) is 10.2 Å². The Kier molecular flexibility index (Phi) is 9.10. The van der Waals surface area contributed by atoms with Crippen molar-refractivity contribution < 1.29 is 18.0 Å². The highest BCUT2D eigenvalue weighted by atomic mass is 32.2. The molecule has 0 radical (unpaired) electrons. The lowest BCUT2D eigenvalue weighted by Crippen LogP contribution is -2.52. The molecule has 1 atom stereocenters. The van der Waals surface area contributed by atoms with Gasteiger partial charge in [-0.15, -0.1) is 0 Å². The zero-order chi connectivity index (χ0) is 27.2. The molecular weight excluding hydrogens is 486 g/mol. The first kappa shape index (κ1) is 27.9. The summed E-state index contributed by atoms with van der Waals surface area (Å²) in [6.07, 6.45) is 0. The van der Waals surface area contributed by atoms with Crippen molar-refractivity contribution in [3.8, 4) is 0 Å². The Morgan fingerprint density at radius 1 is 0.838 bits per heavy atom. The fourth-order valence-corrected chi connectivity index (χ4v) is 5.50. The van der Waals surface area contributed by atoms with E-state index in [0.717, 1.165) is 21.0 Å². The van der Waals surface area contributed by atoms with Gasteiger partial charge in [0.25, 0.3) is 10.0 Å². The molecule has 0 fully saturated rings. The largest absolute Gasteiger partial charge is 0.352 e. The number of hydrogen-bond acceptors (Lipinski definition) is 4. The van der Waals surface area contributed by atoms with Crippen LogP contribution in [0.3, 0.4) is 0 Å². The van der Waals surface area contributed by atoms with Crippen LogP contribution in [0.5, 0.6) is 0 Å². The predicted molar refractivity (Wildman–Crippen MR) is 147 cm³/mol. The average Bonchev–Trinajstić information content (AvgIpc) is 2.88. The van der Waals surface area contributed by atoms with Crippen LogP contribution in [0.15, 0.2) is 83.8 Å². The standard InChI is InChI=1S/C29H35N3O4S/c1-21(2)30-29(34)24(5)31(19-25-14-8-6-9-15-25)28(33)20-32(27-18-12-13-22(3)23(27)4)37(35,36)26-16-10-7-11-17-26/h6-18,21,24H,19-20H2,1-5H3,(H,30,34)/t24-/m0/s1. The van der Waals surface area contributed by atoms with E-state index in [4.69, 9.17) is 0 Å². The number of hydrogen-bond donors (Lipinski definition) is 1. The molecule has 0 saturated heterocycles. The first-order chi connectivity index (χ1) is 17.5. The number of carbonyl (C=O) groups excluding carboxylic acids is 2. The number of nitrogens with zero attached hydrogens (tertiary/aromatic N) is 2. The van der Waals surface area contributed by atoms with Crippen LogP contribution < -0.4 is 9.62 Å². The summed E-state index contributed by atoms with van der Waals surface area (Å²) in [5.74, 6) is -0.779. The van der Waals surface area contributed by atoms with Crippen molar-refractivity contribution in [2.24, 2.45) is 0 Å². The van der Waals surface area contributed by atoms with E-state index in [2.05, 4.69) is 5.32 Å². The molecule has 37 heavy (non-hydrogen) atoms. The summed E-state index contributed by atoms with van der Waals surface area (Å²) >= 11 is 0. The lowest BCUT2D eigenvalue weighted by Gasteiger charge is -2.33. The SMILES string of the molecule is Cc1cccc(N(CC(=O)N(Cc2ccccc2)[C@@H](C)C(=O)NC(C)C)S(=O)(=O)c2ccccc2)c1C. The zero-order valence-corrected chi connectivity index (χ0v) is 22.8. The van der Waals surface area contributed by atoms with Crippen LogP contribution in [0.4, 0.5) is 5.69 Å². The molecule has 0 bridgehead atoms. The van der Waals surface area contributed by atoms with Gasteiger partial charge in [-0.3, -0.25) is 13.9 Å². The maximum Gasteiger partial charge on any atom is 0.264 e. The van der Waals surface area contributed by atoms with Gasteiger partial charge < -0.3 is 10.2 Å². The van der Waals surface area contributed by atoms with Crippen LogP contribution in [-0.4, -0.2) is 43.8 Å². The molecule has 0 heterocycles. The fourth-order valence-electron chi connectivity index (χ4n) is 4.01. The molecule has 8 heteroatoms. The van der Waals surface area contributed by atoms with Crippen LogP contribution in [0.25, 0.3) is 0 Å². The van der Waals surface area contributed by atoms with E-state index in [1.807, 2.05) is 64.1 Å². The lowest BCUT2D eigenvalue weighted by molar-refractivity contribution is -0.139. The number of nitrogens with one attached hydrogen (secondary N) is 1. The van der Waals surface area contributed by atoms with Crippen LogP contribution in [0.2, 0.25) is 0 Å². The van der Waals surface area contributed by atoms with E-state index in [-0.39, 0.29) is 23.4 Å². The first-order valence-corrected chi connectivity index (χ1v) is 13.7. The summed E-state index contributed by atoms with van der Waals surface area (Å²) in [5.41, 5.74) is 2.93. The molecule has 2 amide bonds. The van der Waals surface area contributed by atoms with Gasteiger partial charge in [0.1, 0.15) is 12.6 Å². The minimum atomic E-state index is -4.07. The van der Waals surface area contributed by atoms with E-state index in [1.54, 1.807) is 37.3 Å². The highest BCUT2D eigenvalue weighted by Crippen LogP contribution is 2.29. The molecule has 0 aliphatic rings. The Morgan fingerprint density at radius 2 is 1.43 bits per heavy atom. The number of benzene rings is 3. The van der Waals surface area contributed by atoms with E-state index in [9.17, 15) is 18.0 Å². The molecule has 0 unspecified atom stereocenters. The maximum atomic E-state index is 13.9. The molecule has 3 aromatic carbocycles.